The third-order valence-electron chi connectivity index (χ3n) is 9.05. The molecule has 1 spiro atoms. The average molecular weight is 583 g/mol. The largest absolute Gasteiger partial charge is 0.359 e. The van der Waals surface area contributed by atoms with E-state index in [1.54, 1.807) is 4.90 Å². The Labute approximate surface area is 232 Å². The number of amides is 3. The van der Waals surface area contributed by atoms with Crippen LogP contribution in [0.4, 0.5) is 5.69 Å². The van der Waals surface area contributed by atoms with Gasteiger partial charge in [-0.15, -0.1) is 0 Å². The molecule has 0 aromatic heterocycles. The van der Waals surface area contributed by atoms with E-state index < -0.39 is 29.6 Å². The van der Waals surface area contributed by atoms with Crippen molar-refractivity contribution < 1.29 is 19.1 Å². The normalized spacial score (nSPS) is 32.3. The minimum absolute atomic E-state index is 0.129. The van der Waals surface area contributed by atoms with Crippen LogP contribution in [0, 0.1) is 11.8 Å². The molecule has 3 aliphatic heterocycles. The zero-order chi connectivity index (χ0) is 26.3. The molecule has 5 atom stereocenters. The van der Waals surface area contributed by atoms with E-state index in [1.807, 2.05) is 36.4 Å². The van der Waals surface area contributed by atoms with Crippen molar-refractivity contribution in [3.05, 3.63) is 52.5 Å². The minimum atomic E-state index is -1.11. The van der Waals surface area contributed by atoms with Crippen molar-refractivity contribution in [3.63, 3.8) is 0 Å². The van der Waals surface area contributed by atoms with E-state index in [2.05, 4.69) is 32.6 Å². The summed E-state index contributed by atoms with van der Waals surface area (Å²) in [5.41, 5.74) is 0.913. The van der Waals surface area contributed by atoms with Gasteiger partial charge in [-0.3, -0.25) is 14.4 Å². The number of hydrogen-bond donors (Lipinski definition) is 2. The van der Waals surface area contributed by atoms with Crippen LogP contribution in [-0.4, -0.2) is 53.0 Å². The Morgan fingerprint density at radius 3 is 2.58 bits per heavy atom. The van der Waals surface area contributed by atoms with Crippen LogP contribution < -0.4 is 10.6 Å². The Morgan fingerprint density at radius 1 is 1.05 bits per heavy atom. The first-order chi connectivity index (χ1) is 18.5. The molecular weight excluding hydrogens is 546 g/mol. The van der Waals surface area contributed by atoms with Crippen molar-refractivity contribution in [2.24, 2.45) is 11.8 Å². The fraction of sp³-hybridized carbons (Fsp3) is 0.567. The number of nitrogens with one attached hydrogen (secondary N) is 2. The van der Waals surface area contributed by atoms with Gasteiger partial charge in [-0.1, -0.05) is 59.0 Å². The molecule has 0 unspecified atom stereocenters. The maximum atomic E-state index is 14.1. The second-order valence-corrected chi connectivity index (χ2v) is 12.3. The average Bonchev–Trinajstić information content (AvgIpc) is 3.57. The third-order valence-corrected chi connectivity index (χ3v) is 9.58. The van der Waals surface area contributed by atoms with E-state index in [1.165, 1.54) is 24.8 Å². The lowest BCUT2D eigenvalue weighted by Crippen LogP contribution is -2.56. The third kappa shape index (κ3) is 4.64. The molecule has 5 aliphatic rings. The number of ether oxygens (including phenoxy) is 1. The summed E-state index contributed by atoms with van der Waals surface area (Å²) in [5, 5.41) is 6.24. The molecule has 2 saturated heterocycles. The van der Waals surface area contributed by atoms with Crippen LogP contribution in [0.25, 0.3) is 0 Å². The van der Waals surface area contributed by atoms with Crippen LogP contribution in [0.1, 0.15) is 64.2 Å². The van der Waals surface area contributed by atoms with Gasteiger partial charge in [0.25, 0.3) is 0 Å². The highest BCUT2D eigenvalue weighted by Crippen LogP contribution is 2.55. The summed E-state index contributed by atoms with van der Waals surface area (Å²) in [6, 6.07) is 6.73. The molecule has 6 rings (SSSR count). The van der Waals surface area contributed by atoms with Crippen LogP contribution in [0.5, 0.6) is 0 Å². The number of fused-ring (bicyclic) bond motifs is 1. The summed E-state index contributed by atoms with van der Waals surface area (Å²) in [7, 11) is 0. The van der Waals surface area contributed by atoms with Gasteiger partial charge in [-0.05, 0) is 69.2 Å². The summed E-state index contributed by atoms with van der Waals surface area (Å²) < 4.78 is 7.39. The van der Waals surface area contributed by atoms with Crippen LogP contribution in [0.3, 0.4) is 0 Å². The van der Waals surface area contributed by atoms with Crippen LogP contribution >= 0.6 is 15.9 Å². The maximum absolute atomic E-state index is 14.1. The lowest BCUT2D eigenvalue weighted by Gasteiger charge is -2.34. The Balaban J connectivity index is 1.27. The van der Waals surface area contributed by atoms with Gasteiger partial charge in [0.05, 0.1) is 17.9 Å². The van der Waals surface area contributed by atoms with Crippen LogP contribution in [-0.2, 0) is 19.1 Å². The molecule has 1 saturated carbocycles. The van der Waals surface area contributed by atoms with Gasteiger partial charge in [0.1, 0.15) is 11.6 Å². The first kappa shape index (κ1) is 25.8. The topological polar surface area (TPSA) is 87.7 Å². The molecule has 3 amide bonds. The number of benzene rings is 1. The standard InChI is InChI=1S/C30H36BrN3O4/c31-20-11-13-22(14-12-20)32-27(35)24-23-15-17-30(38-23)25(24)29(37)34(18-16-19-7-3-1-4-8-19)26(30)28(36)33-21-9-5-2-6-10-21/h7,11-15,17,21,23-26H,1-6,8-10,16,18H2,(H,32,35)(H,33,36)/t23-,24-,25-,26+,30-/m0/s1. The predicted octanol–water partition coefficient (Wildman–Crippen LogP) is 4.88. The zero-order valence-electron chi connectivity index (χ0n) is 21.7. The van der Waals surface area contributed by atoms with E-state index in [-0.39, 0.29) is 23.8 Å². The van der Waals surface area contributed by atoms with Gasteiger partial charge >= 0.3 is 0 Å². The molecule has 2 N–H and O–H groups in total. The lowest BCUT2D eigenvalue weighted by atomic mass is 9.74. The van der Waals surface area contributed by atoms with Crippen LogP contribution in [0.15, 0.2) is 52.5 Å². The lowest BCUT2D eigenvalue weighted by molar-refractivity contribution is -0.141. The minimum Gasteiger partial charge on any atom is -0.359 e. The first-order valence-electron chi connectivity index (χ1n) is 14.2. The Morgan fingerprint density at radius 2 is 1.84 bits per heavy atom. The second-order valence-electron chi connectivity index (χ2n) is 11.4. The fourth-order valence-corrected chi connectivity index (χ4v) is 7.45. The Bertz CT molecular complexity index is 1160. The highest BCUT2D eigenvalue weighted by Gasteiger charge is 2.72. The van der Waals surface area contributed by atoms with Crippen molar-refractivity contribution in [3.8, 4) is 0 Å². The summed E-state index contributed by atoms with van der Waals surface area (Å²) in [4.78, 5) is 43.3. The van der Waals surface area contributed by atoms with Crippen molar-refractivity contribution >= 4 is 39.3 Å². The number of allylic oxidation sites excluding steroid dienone is 1. The Hall–Kier alpha value is -2.45. The molecule has 2 aliphatic carbocycles. The summed E-state index contributed by atoms with van der Waals surface area (Å²) in [6.07, 6.45) is 16.1. The molecule has 3 fully saturated rings. The van der Waals surface area contributed by atoms with Gasteiger partial charge in [-0.2, -0.15) is 0 Å². The fourth-order valence-electron chi connectivity index (χ4n) is 7.19. The molecule has 1 aromatic rings. The van der Waals surface area contributed by atoms with E-state index in [0.717, 1.165) is 49.4 Å². The predicted molar refractivity (Wildman–Crippen MR) is 148 cm³/mol. The number of carbonyl (C=O) groups is 3. The molecular formula is C30H36BrN3O4. The van der Waals surface area contributed by atoms with Crippen molar-refractivity contribution in [1.29, 1.82) is 0 Å². The van der Waals surface area contributed by atoms with E-state index >= 15 is 0 Å². The molecule has 8 heteroatoms. The molecule has 2 bridgehead atoms. The highest BCUT2D eigenvalue weighted by atomic mass is 79.9. The number of halogens is 1. The molecule has 0 radical (unpaired) electrons. The SMILES string of the molecule is O=C(Nc1ccc(Br)cc1)[C@H]1[C@@H]2C=C[C@]3(O2)[C@@H]1C(=O)N(CCC1=CCCCC1)[C@@H]3C(=O)NC1CCCCC1. The van der Waals surface area contributed by atoms with Gasteiger partial charge in [0, 0.05) is 22.7 Å². The van der Waals surface area contributed by atoms with E-state index in [9.17, 15) is 14.4 Å². The number of nitrogens with zero attached hydrogens (tertiary/aromatic N) is 1. The van der Waals surface area contributed by atoms with Gasteiger partial charge in [-0.25, -0.2) is 0 Å². The molecule has 1 aromatic carbocycles. The van der Waals surface area contributed by atoms with Gasteiger partial charge in [0.15, 0.2) is 0 Å². The molecule has 7 nitrogen and oxygen atoms in total. The van der Waals surface area contributed by atoms with Crippen molar-refractivity contribution in [2.45, 2.75) is 88.0 Å². The smallest absolute Gasteiger partial charge is 0.246 e. The Kier molecular flexibility index (Phi) is 7.20. The summed E-state index contributed by atoms with van der Waals surface area (Å²) >= 11 is 3.42. The van der Waals surface area contributed by atoms with E-state index in [4.69, 9.17) is 4.74 Å². The van der Waals surface area contributed by atoms with Crippen molar-refractivity contribution in [1.82, 2.24) is 10.2 Å². The first-order valence-corrected chi connectivity index (χ1v) is 15.0. The maximum Gasteiger partial charge on any atom is 0.246 e. The molecule has 3 heterocycles. The number of carbonyl (C=O) groups excluding carboxylic acids is 3. The van der Waals surface area contributed by atoms with Gasteiger partial charge in [0.2, 0.25) is 17.7 Å². The molecule has 202 valence electrons. The number of likely N-dealkylation sites (tertiary alicyclic amines) is 1. The van der Waals surface area contributed by atoms with Gasteiger partial charge < -0.3 is 20.3 Å². The molecule has 38 heavy (non-hydrogen) atoms. The quantitative estimate of drug-likeness (QED) is 0.449. The highest BCUT2D eigenvalue weighted by molar-refractivity contribution is 9.10. The monoisotopic (exact) mass is 581 g/mol. The van der Waals surface area contributed by atoms with E-state index in [0.29, 0.717) is 12.2 Å². The van der Waals surface area contributed by atoms with Crippen molar-refractivity contribution in [2.75, 3.05) is 11.9 Å². The number of rotatable bonds is 7. The summed E-state index contributed by atoms with van der Waals surface area (Å²) in [5.74, 6) is -1.93. The second kappa shape index (κ2) is 10.6. The number of hydrogen-bond acceptors (Lipinski definition) is 4. The van der Waals surface area contributed by atoms with Crippen LogP contribution in [0.2, 0.25) is 0 Å². The summed E-state index contributed by atoms with van der Waals surface area (Å²) in [6.45, 7) is 0.467. The zero-order valence-corrected chi connectivity index (χ0v) is 23.3. The number of anilines is 1.